The molecule has 84 heavy (non-hydrogen) atoms. The molecule has 0 radical (unpaired) electrons. The number of aliphatic carboxylic acids is 2. The van der Waals surface area contributed by atoms with Crippen LogP contribution in [-0.4, -0.2) is 50.6 Å². The van der Waals surface area contributed by atoms with Crippen molar-refractivity contribution in [1.82, 2.24) is 4.98 Å². The fourth-order valence-electron chi connectivity index (χ4n) is 9.12. The first kappa shape index (κ1) is 94.3. The minimum atomic E-state index is -0.972. The van der Waals surface area contributed by atoms with E-state index in [9.17, 15) is 29.4 Å². The van der Waals surface area contributed by atoms with Crippen LogP contribution in [0.1, 0.15) is 243 Å². The van der Waals surface area contributed by atoms with E-state index >= 15 is 0 Å². The summed E-state index contributed by atoms with van der Waals surface area (Å²) in [5.41, 5.74) is 1.68. The average molecular weight is 1420 g/mol. The zero-order valence-corrected chi connectivity index (χ0v) is 67.0. The number of hydrogen-bond donors (Lipinski definition) is 1. The molecule has 13 nitrogen and oxygen atoms in total. The zero-order chi connectivity index (χ0) is 59.9. The van der Waals surface area contributed by atoms with Crippen molar-refractivity contribution in [2.75, 3.05) is 0 Å². The molecule has 0 bridgehead atoms. The number of rotatable bonds is 23. The Labute approximate surface area is 625 Å². The quantitative estimate of drug-likeness (QED) is 0.0499. The predicted octanol–water partition coefficient (Wildman–Crippen LogP) is -1.94. The summed E-state index contributed by atoms with van der Waals surface area (Å²) in [6, 6.07) is 16.8. The Morgan fingerprint density at radius 1 is 0.440 bits per heavy atom. The number of halogens is 3. The topological polar surface area (TPSA) is 185 Å². The first-order valence-electron chi connectivity index (χ1n) is 28.8. The second kappa shape index (κ2) is 44.6. The Hall–Kier alpha value is -0.847. The maximum atomic E-state index is 12.4. The second-order valence-electron chi connectivity index (χ2n) is 25.5. The smallest absolute Gasteiger partial charge is 1.00 e. The molecule has 18 heteroatoms. The molecule has 0 saturated heterocycles. The molecule has 2 N–H and O–H groups in total. The zero-order valence-electron chi connectivity index (χ0n) is 56.0. The maximum Gasteiger partial charge on any atom is 1.00 e. The first-order chi connectivity index (χ1) is 36.0. The minimum absolute atomic E-state index is 0. The molecular formula is C66H107Br3K2N4O9. The summed E-state index contributed by atoms with van der Waals surface area (Å²) in [5, 5.41) is 20.3. The third kappa shape index (κ3) is 35.5. The molecular weight excluding hydrogens is 1310 g/mol. The Balaban J connectivity index is -0.000000236. The molecule has 0 aromatic carbocycles. The molecule has 4 aromatic rings. The van der Waals surface area contributed by atoms with Crippen molar-refractivity contribution in [3.63, 3.8) is 0 Å². The van der Waals surface area contributed by atoms with Gasteiger partial charge in [0.1, 0.15) is 30.8 Å². The summed E-state index contributed by atoms with van der Waals surface area (Å²) in [5.74, 6) is -0.641. The van der Waals surface area contributed by atoms with Crippen LogP contribution < -0.4 is 173 Å². The van der Waals surface area contributed by atoms with Crippen LogP contribution in [0.15, 0.2) is 98.1 Å². The Morgan fingerprint density at radius 2 is 0.667 bits per heavy atom. The van der Waals surface area contributed by atoms with Crippen molar-refractivity contribution in [3.8, 4) is 0 Å². The summed E-state index contributed by atoms with van der Waals surface area (Å²) in [6.07, 6.45) is 22.8. The number of carbonyl (C=O) groups excluding carboxylic acids is 3. The molecule has 0 spiro atoms. The van der Waals surface area contributed by atoms with Crippen LogP contribution >= 0.6 is 0 Å². The Bertz CT molecular complexity index is 2340. The number of aromatic nitrogens is 4. The molecule has 4 unspecified atom stereocenters. The number of carboxylic acid groups (broad SMARTS) is 2. The van der Waals surface area contributed by atoms with Crippen molar-refractivity contribution >= 4 is 23.9 Å². The van der Waals surface area contributed by atoms with Crippen LogP contribution in [0.4, 0.5) is 0 Å². The van der Waals surface area contributed by atoms with Gasteiger partial charge in [0.2, 0.25) is 0 Å². The number of aryl methyl sites for hydroxylation is 3. The standard InChI is InChI=1S/C19H32NO2.C17H27NO2.2C15H23NO2.3BrH.2K.H2O/c1-8-15(16-10-12-20(9-2)13-11-16)14-19(6,7)17(21)22-18(3,4)5;1-7-13(14-8-10-18-11-9-14)12-17(5,6)15(19)20-16(2,3)4;2*1-5-12(11-15(3,4)14(17)18)13-7-9-16(6-2)10-8-13;;;;;;/h10-13,15H,8-9,14H2,1-7H3;8-11,13H,7,12H2,1-6H3;2*7-10,12H,5-6,11H2,1-4H3;3*1H;;;1H2/q+1;;;;;;;2*+1;/p-3. The molecule has 4 aromatic heterocycles. The van der Waals surface area contributed by atoms with E-state index in [2.05, 4.69) is 128 Å². The first-order valence-corrected chi connectivity index (χ1v) is 28.8. The number of nitrogens with zero attached hydrogens (tertiary/aromatic N) is 4. The van der Waals surface area contributed by atoms with Crippen molar-refractivity contribution in [3.05, 3.63) is 120 Å². The van der Waals surface area contributed by atoms with Crippen LogP contribution in [0, 0.1) is 21.7 Å². The molecule has 0 saturated carbocycles. The van der Waals surface area contributed by atoms with E-state index in [1.807, 2.05) is 93.8 Å². The Kier molecular flexibility index (Phi) is 50.0. The molecule has 0 amide bonds. The van der Waals surface area contributed by atoms with Gasteiger partial charge in [0, 0.05) is 60.2 Å². The third-order valence-electron chi connectivity index (χ3n) is 14.5. The number of ether oxygens (including phenoxy) is 2. The third-order valence-corrected chi connectivity index (χ3v) is 14.5. The number of esters is 2. The van der Waals surface area contributed by atoms with Crippen molar-refractivity contribution in [2.45, 2.75) is 251 Å². The van der Waals surface area contributed by atoms with Crippen LogP contribution in [-0.2, 0) is 48.3 Å². The molecule has 0 aliphatic rings. The molecule has 468 valence electrons. The van der Waals surface area contributed by atoms with Crippen LogP contribution in [0.5, 0.6) is 0 Å². The van der Waals surface area contributed by atoms with Gasteiger partial charge >= 0.3 is 121 Å². The molecule has 0 fully saturated rings. The molecule has 4 atom stereocenters. The minimum Gasteiger partial charge on any atom is -1.00 e. The molecule has 4 rings (SSSR count). The number of hydrogen-bond acceptors (Lipinski definition) is 9. The van der Waals surface area contributed by atoms with E-state index in [4.69, 9.17) is 9.47 Å². The fourth-order valence-corrected chi connectivity index (χ4v) is 9.12. The largest absolute Gasteiger partial charge is 1.00 e. The second-order valence-corrected chi connectivity index (χ2v) is 25.5. The van der Waals surface area contributed by atoms with Crippen LogP contribution in [0.2, 0.25) is 0 Å². The normalized spacial score (nSPS) is 12.6. The summed E-state index contributed by atoms with van der Waals surface area (Å²) in [4.78, 5) is 51.1. The number of carbonyl (C=O) groups is 4. The summed E-state index contributed by atoms with van der Waals surface area (Å²) >= 11 is 0. The molecule has 0 aliphatic carbocycles. The van der Waals surface area contributed by atoms with Crippen molar-refractivity contribution < 1.29 is 212 Å². The van der Waals surface area contributed by atoms with E-state index < -0.39 is 44.8 Å². The van der Waals surface area contributed by atoms with Gasteiger partial charge in [-0.1, -0.05) is 41.5 Å². The Morgan fingerprint density at radius 3 is 0.869 bits per heavy atom. The van der Waals surface area contributed by atoms with Crippen molar-refractivity contribution in [2.24, 2.45) is 21.7 Å². The SMILES string of the molecule is CCC(CC(C)(C)C(=O)O)c1cc[n+](CC)cc1.CCC(CC(C)(C)C(=O)OC(C)(C)C)c1cc[n+](CC)cc1.CCC(CC(C)(C)C(=O)OC(C)(C)C)c1ccncc1.CCC(CC(C)(C)C(=O)[O-])c1cc[n+](CC)cc1.[Br-].[Br-].[Br-].[K+].[K+].[OH-]. The fraction of sp³-hybridized carbons (Fsp3) is 0.636. The van der Waals surface area contributed by atoms with Gasteiger partial charge in [-0.15, -0.1) is 0 Å². The number of carboxylic acids is 2. The van der Waals surface area contributed by atoms with Gasteiger partial charge in [-0.25, -0.2) is 13.7 Å². The van der Waals surface area contributed by atoms with E-state index in [-0.39, 0.29) is 177 Å². The number of pyridine rings is 4. The van der Waals surface area contributed by atoms with E-state index in [1.54, 1.807) is 40.1 Å². The monoisotopic (exact) mass is 1410 g/mol. The van der Waals surface area contributed by atoms with Gasteiger partial charge in [-0.2, -0.15) is 0 Å². The van der Waals surface area contributed by atoms with E-state index in [0.717, 1.165) is 58.2 Å². The van der Waals surface area contributed by atoms with E-state index in [0.29, 0.717) is 30.6 Å². The predicted molar refractivity (Wildman–Crippen MR) is 313 cm³/mol. The van der Waals surface area contributed by atoms with E-state index in [1.165, 1.54) is 22.3 Å². The average Bonchev–Trinajstić information content (AvgIpc) is 3.38. The molecule has 0 aliphatic heterocycles. The van der Waals surface area contributed by atoms with Gasteiger partial charge in [0.25, 0.3) is 0 Å². The van der Waals surface area contributed by atoms with Crippen LogP contribution in [0.3, 0.4) is 0 Å². The van der Waals surface area contributed by atoms with Gasteiger partial charge in [0.15, 0.2) is 37.2 Å². The summed E-state index contributed by atoms with van der Waals surface area (Å²) in [6.45, 7) is 44.2. The van der Waals surface area contributed by atoms with Gasteiger partial charge in [0.05, 0.1) is 16.2 Å². The van der Waals surface area contributed by atoms with Crippen molar-refractivity contribution in [1.29, 1.82) is 0 Å². The molecule has 4 heterocycles. The van der Waals surface area contributed by atoms with Gasteiger partial charge in [-0.05, 0) is 213 Å². The van der Waals surface area contributed by atoms with Gasteiger partial charge in [-0.3, -0.25) is 19.4 Å². The maximum absolute atomic E-state index is 12.4. The van der Waals surface area contributed by atoms with Gasteiger partial charge < -0.3 is 80.9 Å². The summed E-state index contributed by atoms with van der Waals surface area (Å²) in [7, 11) is 0. The van der Waals surface area contributed by atoms with Crippen LogP contribution in [0.25, 0.3) is 0 Å². The summed E-state index contributed by atoms with van der Waals surface area (Å²) < 4.78 is 17.5.